The van der Waals surface area contributed by atoms with Crippen molar-refractivity contribution >= 4 is 65.5 Å². The number of rotatable bonds is 4. The van der Waals surface area contributed by atoms with Crippen molar-refractivity contribution in [2.24, 2.45) is 4.99 Å². The maximum absolute atomic E-state index is 5.62. The van der Waals surface area contributed by atoms with Gasteiger partial charge < -0.3 is 9.88 Å². The molecule has 1 aliphatic heterocycles. The Morgan fingerprint density at radius 3 is 2.02 bits per heavy atom. The van der Waals surface area contributed by atoms with Crippen LogP contribution in [-0.2, 0) is 17.3 Å². The molecule has 1 N–H and O–H groups in total. The quantitative estimate of drug-likeness (QED) is 0.188. The highest BCUT2D eigenvalue weighted by Crippen LogP contribution is 2.49. The summed E-state index contributed by atoms with van der Waals surface area (Å²) in [7, 11) is 0. The Labute approximate surface area is 380 Å². The van der Waals surface area contributed by atoms with E-state index in [2.05, 4.69) is 214 Å². The predicted octanol–water partition coefficient (Wildman–Crippen LogP) is 15.7. The first-order chi connectivity index (χ1) is 31.7. The molecule has 10 aromatic rings. The van der Waals surface area contributed by atoms with E-state index in [4.69, 9.17) is 4.99 Å². The second kappa shape index (κ2) is 14.1. The van der Waals surface area contributed by atoms with Gasteiger partial charge in [0.05, 0.1) is 16.7 Å². The summed E-state index contributed by atoms with van der Waals surface area (Å²) in [6.07, 6.45) is 4.07. The molecule has 2 aliphatic carbocycles. The molecule has 13 rings (SSSR count). The Hall–Kier alpha value is -7.23. The van der Waals surface area contributed by atoms with E-state index in [-0.39, 0.29) is 17.0 Å². The highest BCUT2D eigenvalue weighted by Gasteiger charge is 2.38. The van der Waals surface area contributed by atoms with E-state index < -0.39 is 0 Å². The van der Waals surface area contributed by atoms with Gasteiger partial charge in [-0.05, 0) is 145 Å². The molecule has 0 fully saturated rings. The van der Waals surface area contributed by atoms with E-state index in [0.29, 0.717) is 0 Å². The number of nitrogens with zero attached hydrogens (tertiary/aromatic N) is 2. The Bertz CT molecular complexity index is 3690. The van der Waals surface area contributed by atoms with Gasteiger partial charge in [0.2, 0.25) is 0 Å². The molecule has 9 aromatic carbocycles. The van der Waals surface area contributed by atoms with E-state index in [1.54, 1.807) is 0 Å². The number of hydrogen-bond donors (Lipinski definition) is 1. The minimum absolute atomic E-state index is 0.0977. The number of nitrogens with one attached hydrogen (secondary N) is 1. The van der Waals surface area contributed by atoms with E-state index in [9.17, 15) is 0 Å². The van der Waals surface area contributed by atoms with Crippen LogP contribution in [0.2, 0.25) is 0 Å². The van der Waals surface area contributed by atoms with Crippen LogP contribution < -0.4 is 5.32 Å². The molecule has 314 valence electrons. The molecule has 1 atom stereocenters. The van der Waals surface area contributed by atoms with Gasteiger partial charge in [0, 0.05) is 38.9 Å². The van der Waals surface area contributed by atoms with Crippen LogP contribution >= 0.6 is 0 Å². The van der Waals surface area contributed by atoms with Gasteiger partial charge in [-0.25, -0.2) is 0 Å². The zero-order chi connectivity index (χ0) is 43.6. The molecular weight excluding hydrogens is 787 g/mol. The number of benzene rings is 9. The van der Waals surface area contributed by atoms with Crippen LogP contribution in [0.25, 0.3) is 76.6 Å². The van der Waals surface area contributed by atoms with Crippen molar-refractivity contribution in [1.82, 2.24) is 9.88 Å². The van der Waals surface area contributed by atoms with Gasteiger partial charge in [0.25, 0.3) is 0 Å². The second-order valence-corrected chi connectivity index (χ2v) is 20.2. The molecule has 0 bridgehead atoms. The molecule has 3 nitrogen and oxygen atoms in total. The highest BCUT2D eigenvalue weighted by atomic mass is 15.1. The summed E-state index contributed by atoms with van der Waals surface area (Å²) >= 11 is 0. The lowest BCUT2D eigenvalue weighted by Gasteiger charge is -2.42. The number of hydrogen-bond acceptors (Lipinski definition) is 2. The fraction of sp³-hybridized carbons (Fsp3) is 0.177. The van der Waals surface area contributed by atoms with Crippen molar-refractivity contribution in [2.75, 3.05) is 0 Å². The van der Waals surface area contributed by atoms with Crippen LogP contribution in [0.5, 0.6) is 0 Å². The number of aliphatic imine (C=N–C) groups is 1. The van der Waals surface area contributed by atoms with E-state index in [1.807, 2.05) is 0 Å². The first kappa shape index (κ1) is 38.2. The maximum atomic E-state index is 5.62. The Morgan fingerprint density at radius 2 is 1.17 bits per heavy atom. The number of fused-ring (bicyclic) bond motifs is 10. The third kappa shape index (κ3) is 6.05. The molecule has 0 amide bonds. The minimum atomic E-state index is -0.250. The lowest BCUT2D eigenvalue weighted by Crippen LogP contribution is -2.33. The molecule has 3 aliphatic rings. The summed E-state index contributed by atoms with van der Waals surface area (Å²) in [5.41, 5.74) is 17.9. The normalized spacial score (nSPS) is 17.5. The predicted molar refractivity (Wildman–Crippen MR) is 275 cm³/mol. The van der Waals surface area contributed by atoms with E-state index in [0.717, 1.165) is 29.7 Å². The third-order valence-electron chi connectivity index (χ3n) is 15.3. The number of aromatic nitrogens is 1. The average Bonchev–Trinajstić information content (AvgIpc) is 3.68. The lowest BCUT2D eigenvalue weighted by atomic mass is 9.63. The molecule has 3 heteroatoms. The summed E-state index contributed by atoms with van der Waals surface area (Å²) in [5, 5.41) is 14.2. The van der Waals surface area contributed by atoms with Gasteiger partial charge >= 0.3 is 0 Å². The lowest BCUT2D eigenvalue weighted by molar-refractivity contribution is 0.332. The van der Waals surface area contributed by atoms with E-state index in [1.165, 1.54) is 117 Å². The fourth-order valence-electron chi connectivity index (χ4n) is 11.6. The van der Waals surface area contributed by atoms with Crippen LogP contribution in [0, 0.1) is 0 Å². The second-order valence-electron chi connectivity index (χ2n) is 20.2. The highest BCUT2D eigenvalue weighted by molar-refractivity contribution is 6.22. The van der Waals surface area contributed by atoms with E-state index >= 15 is 0 Å². The fourth-order valence-corrected chi connectivity index (χ4v) is 11.6. The first-order valence-corrected chi connectivity index (χ1v) is 23.5. The monoisotopic (exact) mass is 837 g/mol. The zero-order valence-electron chi connectivity index (χ0n) is 37.5. The summed E-state index contributed by atoms with van der Waals surface area (Å²) in [5.74, 6) is 0. The minimum Gasteiger partial charge on any atom is -0.359 e. The molecule has 1 unspecified atom stereocenters. The van der Waals surface area contributed by atoms with Gasteiger partial charge in [0.15, 0.2) is 0 Å². The third-order valence-corrected chi connectivity index (χ3v) is 15.3. The SMILES string of the molecule is CC1(C)CCC(C)(C)c2cc3c(cc21)c1c2ccccc2ccc1n3-c1ccc2ccc(C3N=C(c4ccc(-c5ccc6ccccc6c5)cc4)C4=C(N3)c3ccccc3CC4)cc2c1. The van der Waals surface area contributed by atoms with Gasteiger partial charge in [-0.1, -0.05) is 161 Å². The van der Waals surface area contributed by atoms with Crippen LogP contribution in [-0.4, -0.2) is 10.3 Å². The van der Waals surface area contributed by atoms with Crippen molar-refractivity contribution in [3.8, 4) is 16.8 Å². The Balaban J connectivity index is 0.948. The Morgan fingerprint density at radius 1 is 0.508 bits per heavy atom. The summed E-state index contributed by atoms with van der Waals surface area (Å²) < 4.78 is 2.54. The number of aryl methyl sites for hydroxylation is 1. The van der Waals surface area contributed by atoms with Crippen LogP contribution in [0.1, 0.15) is 86.5 Å². The topological polar surface area (TPSA) is 29.3 Å². The first-order valence-electron chi connectivity index (χ1n) is 23.5. The van der Waals surface area contributed by atoms with Crippen LogP contribution in [0.4, 0.5) is 0 Å². The molecule has 0 spiro atoms. The molecule has 2 heterocycles. The molecule has 1 aromatic heterocycles. The molecule has 65 heavy (non-hydrogen) atoms. The summed E-state index contributed by atoms with van der Waals surface area (Å²) in [4.78, 5) is 5.62. The summed E-state index contributed by atoms with van der Waals surface area (Å²) in [6, 6.07) is 65.9. The van der Waals surface area contributed by atoms with Crippen LogP contribution in [0.15, 0.2) is 186 Å². The number of allylic oxidation sites excluding steroid dienone is 1. The van der Waals surface area contributed by atoms with Crippen molar-refractivity contribution in [3.05, 3.63) is 215 Å². The molecule has 0 saturated heterocycles. The summed E-state index contributed by atoms with van der Waals surface area (Å²) in [6.45, 7) is 9.75. The smallest absolute Gasteiger partial charge is 0.145 e. The van der Waals surface area contributed by atoms with Crippen molar-refractivity contribution in [1.29, 1.82) is 0 Å². The van der Waals surface area contributed by atoms with Crippen molar-refractivity contribution in [2.45, 2.75) is 70.4 Å². The zero-order valence-corrected chi connectivity index (χ0v) is 37.5. The molecule has 0 saturated carbocycles. The Kier molecular flexibility index (Phi) is 8.32. The van der Waals surface area contributed by atoms with Gasteiger partial charge in [-0.15, -0.1) is 0 Å². The van der Waals surface area contributed by atoms with Crippen LogP contribution in [0.3, 0.4) is 0 Å². The molecular formula is C62H51N3. The van der Waals surface area contributed by atoms with Gasteiger partial charge in [-0.3, -0.25) is 4.99 Å². The van der Waals surface area contributed by atoms with Crippen molar-refractivity contribution < 1.29 is 0 Å². The van der Waals surface area contributed by atoms with Gasteiger partial charge in [0.1, 0.15) is 6.17 Å². The largest absolute Gasteiger partial charge is 0.359 e. The molecule has 0 radical (unpaired) electrons. The maximum Gasteiger partial charge on any atom is 0.145 e. The standard InChI is InChI=1S/C62H51N3/c1-61(2)31-32-62(3,4)54-37-56-52(36-53(54)61)57-49-15-9-7-12-41(49)27-30-55(57)65(56)48-28-25-40-20-24-46(34-47(40)35-48)60-63-58(51-29-26-42-13-8-10-16-50(42)59(51)64-60)43-21-17-39(18-22-43)45-23-19-38-11-5-6-14-44(38)33-45/h5-25,27-28,30,33-37,60,64H,26,29,31-32H2,1-4H3. The average molecular weight is 838 g/mol. The van der Waals surface area contributed by atoms with Crippen molar-refractivity contribution in [3.63, 3.8) is 0 Å². The van der Waals surface area contributed by atoms with Gasteiger partial charge in [-0.2, -0.15) is 0 Å².